The first kappa shape index (κ1) is 33.9. The molecular weight excluding hydrogens is 591 g/mol. The number of nitro benzene ring substituents is 1. The van der Waals surface area contributed by atoms with Crippen LogP contribution in [0.1, 0.15) is 74.7 Å². The van der Waals surface area contributed by atoms with Crippen molar-refractivity contribution in [1.82, 2.24) is 14.9 Å². The summed E-state index contributed by atoms with van der Waals surface area (Å²) in [6.07, 6.45) is -1.76. The number of primary amides is 1. The predicted octanol–water partition coefficient (Wildman–Crippen LogP) is 4.14. The number of alkyl halides is 1. The van der Waals surface area contributed by atoms with Crippen molar-refractivity contribution >= 4 is 23.5 Å². The van der Waals surface area contributed by atoms with Crippen molar-refractivity contribution < 1.29 is 37.9 Å². The van der Waals surface area contributed by atoms with E-state index >= 15 is 4.39 Å². The summed E-state index contributed by atoms with van der Waals surface area (Å²) < 4.78 is 38.7. The Hall–Kier alpha value is -3.95. The number of anilines is 1. The fraction of sp³-hybridized carbons (Fsp3) is 0.600. The van der Waals surface area contributed by atoms with Gasteiger partial charge in [0.05, 0.1) is 40.9 Å². The van der Waals surface area contributed by atoms with Crippen LogP contribution in [-0.4, -0.2) is 77.5 Å². The molecular formula is C30H41FN6O8. The van der Waals surface area contributed by atoms with Crippen LogP contribution in [0.5, 0.6) is 0 Å². The quantitative estimate of drug-likeness (QED) is 0.284. The predicted molar refractivity (Wildman–Crippen MR) is 160 cm³/mol. The zero-order valence-electron chi connectivity index (χ0n) is 26.6. The maximum absolute atomic E-state index is 15.5. The van der Waals surface area contributed by atoms with Gasteiger partial charge in [-0.05, 0) is 53.5 Å². The number of aromatic nitrogens is 2. The second-order valence-electron chi connectivity index (χ2n) is 12.4. The van der Waals surface area contributed by atoms with Crippen molar-refractivity contribution in [3.05, 3.63) is 56.5 Å². The number of ether oxygens (including phenoxy) is 4. The molecule has 0 saturated carbocycles. The molecule has 0 spiro atoms. The van der Waals surface area contributed by atoms with E-state index in [1.165, 1.54) is 18.1 Å². The van der Waals surface area contributed by atoms with Crippen LogP contribution in [0, 0.1) is 29.4 Å². The first-order chi connectivity index (χ1) is 21.1. The van der Waals surface area contributed by atoms with E-state index in [4.69, 9.17) is 24.7 Å². The van der Waals surface area contributed by atoms with Gasteiger partial charge < -0.3 is 34.9 Å². The SMILES string of the molecule is COC(C(N)=O)(c1nc(C)nc(N[C@H](C)c2cccc([N+](=O)[O-])c2C)c1C1OCCO1)C1(CF)CCN(C(=O)OC(C)(C)C)C1. The monoisotopic (exact) mass is 632 g/mol. The molecule has 2 unspecified atom stereocenters. The van der Waals surface area contributed by atoms with E-state index < -0.39 is 52.5 Å². The van der Waals surface area contributed by atoms with E-state index in [0.717, 1.165) is 0 Å². The van der Waals surface area contributed by atoms with Gasteiger partial charge in [-0.1, -0.05) is 12.1 Å². The highest BCUT2D eigenvalue weighted by molar-refractivity contribution is 5.87. The van der Waals surface area contributed by atoms with Crippen LogP contribution in [0.4, 0.5) is 20.7 Å². The van der Waals surface area contributed by atoms with Gasteiger partial charge in [0.2, 0.25) is 0 Å². The molecule has 2 amide bonds. The third-order valence-electron chi connectivity index (χ3n) is 8.27. The molecule has 3 heterocycles. The highest BCUT2D eigenvalue weighted by Crippen LogP contribution is 2.52. The average molecular weight is 633 g/mol. The first-order valence-corrected chi connectivity index (χ1v) is 14.6. The Morgan fingerprint density at radius 1 is 1.27 bits per heavy atom. The zero-order valence-corrected chi connectivity index (χ0v) is 26.6. The molecule has 15 heteroatoms. The second kappa shape index (κ2) is 12.8. The topological polar surface area (TPSA) is 181 Å². The van der Waals surface area contributed by atoms with E-state index in [2.05, 4.69) is 15.3 Å². The van der Waals surface area contributed by atoms with Crippen LogP contribution in [0.15, 0.2) is 18.2 Å². The van der Waals surface area contributed by atoms with Crippen LogP contribution in [0.2, 0.25) is 0 Å². The zero-order chi connectivity index (χ0) is 33.3. The molecule has 2 saturated heterocycles. The van der Waals surface area contributed by atoms with Gasteiger partial charge in [-0.25, -0.2) is 14.8 Å². The Morgan fingerprint density at radius 2 is 1.93 bits per heavy atom. The minimum Gasteiger partial charge on any atom is -0.444 e. The lowest BCUT2D eigenvalue weighted by Crippen LogP contribution is -2.59. The molecule has 2 fully saturated rings. The third-order valence-corrected chi connectivity index (χ3v) is 8.27. The van der Waals surface area contributed by atoms with Crippen LogP contribution in [0.3, 0.4) is 0 Å². The number of benzene rings is 1. The molecule has 246 valence electrons. The lowest BCUT2D eigenvalue weighted by Gasteiger charge is -2.44. The molecule has 0 bridgehead atoms. The number of nitrogens with two attached hydrogens (primary N) is 1. The summed E-state index contributed by atoms with van der Waals surface area (Å²) in [5.41, 5.74) is 2.56. The Morgan fingerprint density at radius 3 is 2.49 bits per heavy atom. The van der Waals surface area contributed by atoms with Crippen molar-refractivity contribution in [2.24, 2.45) is 11.1 Å². The number of hydrogen-bond acceptors (Lipinski definition) is 11. The Labute approximate surface area is 260 Å². The summed E-state index contributed by atoms with van der Waals surface area (Å²) in [7, 11) is 1.23. The van der Waals surface area contributed by atoms with Crippen molar-refractivity contribution in [3.8, 4) is 0 Å². The molecule has 0 radical (unpaired) electrons. The van der Waals surface area contributed by atoms with Gasteiger partial charge in [0.1, 0.15) is 23.9 Å². The number of rotatable bonds is 10. The number of nitrogens with zero attached hydrogens (tertiary/aromatic N) is 4. The van der Waals surface area contributed by atoms with Gasteiger partial charge in [-0.3, -0.25) is 19.3 Å². The van der Waals surface area contributed by atoms with Gasteiger partial charge in [-0.15, -0.1) is 0 Å². The van der Waals surface area contributed by atoms with E-state index in [-0.39, 0.29) is 61.3 Å². The van der Waals surface area contributed by atoms with Crippen LogP contribution in [-0.2, 0) is 29.3 Å². The molecule has 3 N–H and O–H groups in total. The van der Waals surface area contributed by atoms with Crippen molar-refractivity contribution in [3.63, 3.8) is 0 Å². The molecule has 4 rings (SSSR count). The number of carbonyl (C=O) groups is 2. The van der Waals surface area contributed by atoms with E-state index in [0.29, 0.717) is 11.1 Å². The number of nitro groups is 1. The summed E-state index contributed by atoms with van der Waals surface area (Å²) >= 11 is 0. The van der Waals surface area contributed by atoms with E-state index in [1.54, 1.807) is 53.7 Å². The Bertz CT molecular complexity index is 1460. The summed E-state index contributed by atoms with van der Waals surface area (Å²) in [6, 6.07) is 4.22. The molecule has 2 aromatic rings. The first-order valence-electron chi connectivity index (χ1n) is 14.6. The Kier molecular flexibility index (Phi) is 9.66. The fourth-order valence-corrected chi connectivity index (χ4v) is 6.19. The fourth-order valence-electron chi connectivity index (χ4n) is 6.19. The minimum atomic E-state index is -2.21. The third kappa shape index (κ3) is 6.29. The summed E-state index contributed by atoms with van der Waals surface area (Å²) in [5, 5.41) is 14.9. The number of carbonyl (C=O) groups excluding carboxylic acids is 2. The van der Waals surface area contributed by atoms with E-state index in [1.807, 2.05) is 0 Å². The Balaban J connectivity index is 1.89. The second-order valence-corrected chi connectivity index (χ2v) is 12.4. The minimum absolute atomic E-state index is 0.000433. The number of halogens is 1. The van der Waals surface area contributed by atoms with Crippen LogP contribution in [0.25, 0.3) is 0 Å². The maximum Gasteiger partial charge on any atom is 0.410 e. The number of amides is 2. The summed E-state index contributed by atoms with van der Waals surface area (Å²) in [5.74, 6) is -0.656. The summed E-state index contributed by atoms with van der Waals surface area (Å²) in [4.78, 5) is 48.4. The molecule has 45 heavy (non-hydrogen) atoms. The highest BCUT2D eigenvalue weighted by atomic mass is 19.1. The van der Waals surface area contributed by atoms with Crippen LogP contribution < -0.4 is 11.1 Å². The molecule has 1 aromatic carbocycles. The number of hydrogen-bond donors (Lipinski definition) is 2. The van der Waals surface area contributed by atoms with Crippen molar-refractivity contribution in [2.75, 3.05) is 45.4 Å². The van der Waals surface area contributed by atoms with Crippen molar-refractivity contribution in [1.29, 1.82) is 0 Å². The average Bonchev–Trinajstić information content (AvgIpc) is 3.64. The molecule has 0 aliphatic carbocycles. The lowest BCUT2D eigenvalue weighted by atomic mass is 9.68. The molecule has 3 atom stereocenters. The maximum atomic E-state index is 15.5. The van der Waals surface area contributed by atoms with Gasteiger partial charge in [0.25, 0.3) is 11.6 Å². The normalized spacial score (nSPS) is 20.9. The number of nitrogens with one attached hydrogen (secondary N) is 1. The summed E-state index contributed by atoms with van der Waals surface area (Å²) in [6.45, 7) is 9.33. The molecule has 14 nitrogen and oxygen atoms in total. The highest BCUT2D eigenvalue weighted by Gasteiger charge is 2.63. The van der Waals surface area contributed by atoms with E-state index in [9.17, 15) is 19.7 Å². The number of likely N-dealkylation sites (tertiary alicyclic amines) is 1. The number of aryl methyl sites for hydroxylation is 1. The molecule has 1 aromatic heterocycles. The standard InChI is InChI=1S/C30H41FN6O8/c1-17-20(9-8-10-21(17)37(40)41)18(2)33-24-22(25-43-13-14-44-25)23(34-19(3)35-24)30(42-7,26(32)38)29(15-31)11-12-36(16-29)27(39)45-28(4,5)6/h8-10,18,25H,11-16H2,1-7H3,(H2,32,38)(H,33,34,35)/t18-,29?,30?/m1/s1. The van der Waals surface area contributed by atoms with Crippen molar-refractivity contribution in [2.45, 2.75) is 71.5 Å². The largest absolute Gasteiger partial charge is 0.444 e. The molecule has 2 aliphatic heterocycles. The van der Waals surface area contributed by atoms with Gasteiger partial charge in [0.15, 0.2) is 11.9 Å². The lowest BCUT2D eigenvalue weighted by molar-refractivity contribution is -0.385. The van der Waals surface area contributed by atoms with Crippen LogP contribution >= 0.6 is 0 Å². The number of methoxy groups -OCH3 is 1. The van der Waals surface area contributed by atoms with Gasteiger partial charge in [-0.2, -0.15) is 0 Å². The molecule has 2 aliphatic rings. The van der Waals surface area contributed by atoms with Gasteiger partial charge in [0, 0.05) is 31.8 Å². The van der Waals surface area contributed by atoms with Gasteiger partial charge >= 0.3 is 6.09 Å². The smallest absolute Gasteiger partial charge is 0.410 e.